The number of hydrogen-bond donors (Lipinski definition) is 1. The van der Waals surface area contributed by atoms with Gasteiger partial charge in [-0.1, -0.05) is 54.5 Å². The van der Waals surface area contributed by atoms with Crippen LogP contribution in [-0.2, 0) is 16.1 Å². The second-order valence-electron chi connectivity index (χ2n) is 8.12. The Kier molecular flexibility index (Phi) is 4.95. The van der Waals surface area contributed by atoms with E-state index >= 15 is 0 Å². The molecule has 3 amide bonds. The molecule has 1 saturated heterocycles. The van der Waals surface area contributed by atoms with E-state index in [4.69, 9.17) is 6.42 Å². The van der Waals surface area contributed by atoms with Gasteiger partial charge in [0.05, 0.1) is 11.3 Å². The van der Waals surface area contributed by atoms with E-state index in [1.165, 1.54) is 9.80 Å². The molecule has 2 aliphatic heterocycles. The van der Waals surface area contributed by atoms with Gasteiger partial charge in [0.25, 0.3) is 11.8 Å². The lowest BCUT2D eigenvalue weighted by Gasteiger charge is -2.49. The lowest BCUT2D eigenvalue weighted by molar-refractivity contribution is -0.129. The molecule has 0 bridgehead atoms. The summed E-state index contributed by atoms with van der Waals surface area (Å²) in [4.78, 5) is 43.8. The molecular formula is C27H21N3O3. The molecule has 1 N–H and O–H groups in total. The number of carbonyl (C=O) groups is 3. The normalized spacial score (nSPS) is 19.0. The van der Waals surface area contributed by atoms with Gasteiger partial charge in [-0.3, -0.25) is 19.3 Å². The Bertz CT molecular complexity index is 1310. The molecule has 1 atom stereocenters. The molecular weight excluding hydrogens is 414 g/mol. The van der Waals surface area contributed by atoms with Gasteiger partial charge in [-0.05, 0) is 35.9 Å². The quantitative estimate of drug-likeness (QED) is 0.634. The van der Waals surface area contributed by atoms with Crippen molar-refractivity contribution >= 4 is 29.1 Å². The van der Waals surface area contributed by atoms with Gasteiger partial charge in [0, 0.05) is 30.6 Å². The van der Waals surface area contributed by atoms with Gasteiger partial charge >= 0.3 is 0 Å². The highest BCUT2D eigenvalue weighted by Gasteiger charge is 2.60. The zero-order valence-corrected chi connectivity index (χ0v) is 17.8. The van der Waals surface area contributed by atoms with E-state index in [1.807, 2.05) is 30.3 Å². The SMILES string of the molecule is C#Cc1cccc(NC(=O)C23CCC(=O)N2c2ccccc2C(=O)N3Cc2ccccc2)c1. The van der Waals surface area contributed by atoms with Crippen LogP contribution in [0.2, 0.25) is 0 Å². The number of benzene rings is 3. The van der Waals surface area contributed by atoms with E-state index in [9.17, 15) is 14.4 Å². The third-order valence-electron chi connectivity index (χ3n) is 6.21. The van der Waals surface area contributed by atoms with E-state index in [0.717, 1.165) is 5.56 Å². The minimum atomic E-state index is -1.48. The van der Waals surface area contributed by atoms with Crippen LogP contribution < -0.4 is 10.2 Å². The average molecular weight is 435 g/mol. The number of hydrogen-bond acceptors (Lipinski definition) is 3. The third-order valence-corrected chi connectivity index (χ3v) is 6.21. The van der Waals surface area contributed by atoms with Crippen LogP contribution in [0.5, 0.6) is 0 Å². The summed E-state index contributed by atoms with van der Waals surface area (Å²) in [5.74, 6) is 1.63. The maximum Gasteiger partial charge on any atom is 0.271 e. The van der Waals surface area contributed by atoms with E-state index < -0.39 is 11.6 Å². The molecule has 0 spiro atoms. The maximum atomic E-state index is 13.9. The Morgan fingerprint density at radius 1 is 1.00 bits per heavy atom. The monoisotopic (exact) mass is 435 g/mol. The molecule has 1 fully saturated rings. The summed E-state index contributed by atoms with van der Waals surface area (Å²) in [5.41, 5.74) is 1.38. The van der Waals surface area contributed by atoms with Gasteiger partial charge in [0.2, 0.25) is 11.6 Å². The van der Waals surface area contributed by atoms with Crippen molar-refractivity contribution in [3.63, 3.8) is 0 Å². The van der Waals surface area contributed by atoms with Gasteiger partial charge in [0.15, 0.2) is 0 Å². The number of terminal acetylenes is 1. The third kappa shape index (κ3) is 3.26. The lowest BCUT2D eigenvalue weighted by atomic mass is 9.94. The fourth-order valence-corrected chi connectivity index (χ4v) is 4.69. The van der Waals surface area contributed by atoms with Gasteiger partial charge in [-0.15, -0.1) is 6.42 Å². The number of rotatable bonds is 4. The summed E-state index contributed by atoms with van der Waals surface area (Å²) in [5, 5.41) is 2.91. The molecule has 0 saturated carbocycles. The van der Waals surface area contributed by atoms with E-state index in [2.05, 4.69) is 11.2 Å². The average Bonchev–Trinajstić information content (AvgIpc) is 3.21. The van der Waals surface area contributed by atoms with Crippen molar-refractivity contribution in [1.29, 1.82) is 0 Å². The first-order valence-corrected chi connectivity index (χ1v) is 10.7. The molecule has 1 unspecified atom stereocenters. The number of nitrogens with one attached hydrogen (secondary N) is 1. The molecule has 0 aliphatic carbocycles. The standard InChI is InChI=1S/C27H21N3O3/c1-2-19-11-8-12-21(17-19)28-26(33)27-16-15-24(31)30(27)23-14-7-6-13-22(23)25(32)29(27)18-20-9-4-3-5-10-20/h1,3-14,17H,15-16,18H2,(H,28,33). The predicted molar refractivity (Wildman–Crippen MR) is 125 cm³/mol. The molecule has 6 nitrogen and oxygen atoms in total. The fraction of sp³-hybridized carbons (Fsp3) is 0.148. The van der Waals surface area contributed by atoms with Crippen molar-refractivity contribution in [2.45, 2.75) is 25.0 Å². The van der Waals surface area contributed by atoms with E-state index in [0.29, 0.717) is 22.5 Å². The molecule has 3 aromatic carbocycles. The van der Waals surface area contributed by atoms with Crippen molar-refractivity contribution in [2.24, 2.45) is 0 Å². The van der Waals surface area contributed by atoms with Crippen LogP contribution in [0.15, 0.2) is 78.9 Å². The van der Waals surface area contributed by atoms with Crippen molar-refractivity contribution in [2.75, 3.05) is 10.2 Å². The molecule has 0 aromatic heterocycles. The molecule has 162 valence electrons. The number of carbonyl (C=O) groups excluding carboxylic acids is 3. The van der Waals surface area contributed by atoms with Crippen LogP contribution in [0, 0.1) is 12.3 Å². The van der Waals surface area contributed by atoms with E-state index in [-0.39, 0.29) is 31.2 Å². The number of anilines is 2. The van der Waals surface area contributed by atoms with Crippen LogP contribution in [0.4, 0.5) is 11.4 Å². The summed E-state index contributed by atoms with van der Waals surface area (Å²) < 4.78 is 0. The number of nitrogens with zero attached hydrogens (tertiary/aromatic N) is 2. The summed E-state index contributed by atoms with van der Waals surface area (Å²) in [6, 6.07) is 23.3. The van der Waals surface area contributed by atoms with Gasteiger partial charge in [-0.2, -0.15) is 0 Å². The number of fused-ring (bicyclic) bond motifs is 3. The molecule has 33 heavy (non-hydrogen) atoms. The molecule has 6 heteroatoms. The maximum absolute atomic E-state index is 13.9. The highest BCUT2D eigenvalue weighted by molar-refractivity contribution is 6.18. The Morgan fingerprint density at radius 3 is 2.55 bits per heavy atom. The summed E-state index contributed by atoms with van der Waals surface area (Å²) in [6.07, 6.45) is 5.86. The molecule has 2 heterocycles. The van der Waals surface area contributed by atoms with Gasteiger partial charge < -0.3 is 10.2 Å². The van der Waals surface area contributed by atoms with Crippen LogP contribution in [0.1, 0.15) is 34.3 Å². The van der Waals surface area contributed by atoms with Crippen molar-refractivity contribution in [1.82, 2.24) is 4.90 Å². The number of para-hydroxylation sites is 1. The Morgan fingerprint density at radius 2 is 1.76 bits per heavy atom. The first-order valence-electron chi connectivity index (χ1n) is 10.7. The summed E-state index contributed by atoms with van der Waals surface area (Å²) >= 11 is 0. The molecule has 5 rings (SSSR count). The van der Waals surface area contributed by atoms with Gasteiger partial charge in [0.1, 0.15) is 0 Å². The highest BCUT2D eigenvalue weighted by Crippen LogP contribution is 2.45. The van der Waals surface area contributed by atoms with Crippen LogP contribution >= 0.6 is 0 Å². The number of amides is 3. The molecule has 2 aliphatic rings. The lowest BCUT2D eigenvalue weighted by Crippen LogP contribution is -2.69. The minimum absolute atomic E-state index is 0.157. The largest absolute Gasteiger partial charge is 0.322 e. The zero-order valence-electron chi connectivity index (χ0n) is 17.8. The fourth-order valence-electron chi connectivity index (χ4n) is 4.69. The predicted octanol–water partition coefficient (Wildman–Crippen LogP) is 3.79. The van der Waals surface area contributed by atoms with Crippen molar-refractivity contribution < 1.29 is 14.4 Å². The molecule has 3 aromatic rings. The first kappa shape index (κ1) is 20.5. The van der Waals surface area contributed by atoms with Crippen LogP contribution in [0.3, 0.4) is 0 Å². The second-order valence-corrected chi connectivity index (χ2v) is 8.12. The van der Waals surface area contributed by atoms with Gasteiger partial charge in [-0.25, -0.2) is 0 Å². The minimum Gasteiger partial charge on any atom is -0.322 e. The second kappa shape index (κ2) is 7.95. The van der Waals surface area contributed by atoms with E-state index in [1.54, 1.807) is 48.5 Å². The smallest absolute Gasteiger partial charge is 0.271 e. The first-order chi connectivity index (χ1) is 16.0. The topological polar surface area (TPSA) is 69.7 Å². The Labute approximate surface area is 191 Å². The Hall–Kier alpha value is -4.37. The zero-order chi connectivity index (χ0) is 23.0. The summed E-state index contributed by atoms with van der Waals surface area (Å²) in [6.45, 7) is 0.190. The van der Waals surface area contributed by atoms with Crippen molar-refractivity contribution in [3.05, 3.63) is 95.6 Å². The highest BCUT2D eigenvalue weighted by atomic mass is 16.2. The Balaban J connectivity index is 1.64. The molecule has 0 radical (unpaired) electrons. The van der Waals surface area contributed by atoms with Crippen molar-refractivity contribution in [3.8, 4) is 12.3 Å². The van der Waals surface area contributed by atoms with Crippen LogP contribution in [0.25, 0.3) is 0 Å². The summed E-state index contributed by atoms with van der Waals surface area (Å²) in [7, 11) is 0. The van der Waals surface area contributed by atoms with Crippen LogP contribution in [-0.4, -0.2) is 28.3 Å².